The number of nitrogens with zero attached hydrogens (tertiary/aromatic N) is 1. The average molecular weight is 253 g/mol. The maximum Gasteiger partial charge on any atom is 0.122 e. The van der Waals surface area contributed by atoms with E-state index in [9.17, 15) is 5.26 Å². The molecule has 0 radical (unpaired) electrons. The Morgan fingerprint density at radius 3 is 2.58 bits per heavy atom. The second-order valence-corrected chi connectivity index (χ2v) is 5.37. The lowest BCUT2D eigenvalue weighted by atomic mass is 10.1. The molecule has 1 fully saturated rings. The number of para-hydroxylation sites is 1. The number of fused-ring (bicyclic) bond motifs is 1. The van der Waals surface area contributed by atoms with Crippen LogP contribution in [-0.4, -0.2) is 11.0 Å². The molecule has 0 aliphatic heterocycles. The van der Waals surface area contributed by atoms with Crippen molar-refractivity contribution < 1.29 is 0 Å². The maximum absolute atomic E-state index is 9.38. The van der Waals surface area contributed by atoms with Gasteiger partial charge in [0.05, 0.1) is 0 Å². The van der Waals surface area contributed by atoms with Gasteiger partial charge in [-0.2, -0.15) is 5.26 Å². The smallest absolute Gasteiger partial charge is 0.122 e. The number of benzene rings is 1. The molecular weight excluding hydrogens is 234 g/mol. The Balaban J connectivity index is 1.89. The largest absolute Gasteiger partial charge is 0.368 e. The van der Waals surface area contributed by atoms with Crippen LogP contribution in [0.4, 0.5) is 5.82 Å². The number of anilines is 1. The number of nitriles is 1. The van der Waals surface area contributed by atoms with Crippen LogP contribution in [0.5, 0.6) is 0 Å². The highest BCUT2D eigenvalue weighted by atomic mass is 15.0. The highest BCUT2D eigenvalue weighted by Crippen LogP contribution is 2.28. The van der Waals surface area contributed by atoms with E-state index in [4.69, 9.17) is 0 Å². The zero-order valence-electron chi connectivity index (χ0n) is 11.1. The molecule has 1 aromatic heterocycles. The van der Waals surface area contributed by atoms with Gasteiger partial charge in [-0.05, 0) is 18.9 Å². The number of aromatic nitrogens is 1. The van der Waals surface area contributed by atoms with Crippen molar-refractivity contribution in [2.75, 3.05) is 5.32 Å². The summed E-state index contributed by atoms with van der Waals surface area (Å²) in [6.45, 7) is 0. The lowest BCUT2D eigenvalue weighted by molar-refractivity contribution is 0.618. The van der Waals surface area contributed by atoms with Gasteiger partial charge >= 0.3 is 0 Å². The summed E-state index contributed by atoms with van der Waals surface area (Å²) in [5.41, 5.74) is 1.79. The van der Waals surface area contributed by atoms with Crippen LogP contribution in [0.15, 0.2) is 24.3 Å². The van der Waals surface area contributed by atoms with E-state index < -0.39 is 0 Å². The van der Waals surface area contributed by atoms with Crippen molar-refractivity contribution in [2.45, 2.75) is 44.6 Å². The zero-order valence-corrected chi connectivity index (χ0v) is 11.1. The Morgan fingerprint density at radius 1 is 1.11 bits per heavy atom. The fourth-order valence-electron chi connectivity index (χ4n) is 2.99. The van der Waals surface area contributed by atoms with Crippen LogP contribution >= 0.6 is 0 Å². The summed E-state index contributed by atoms with van der Waals surface area (Å²) in [5.74, 6) is 0.899. The lowest BCUT2D eigenvalue weighted by Gasteiger charge is -2.16. The van der Waals surface area contributed by atoms with Gasteiger partial charge < -0.3 is 10.3 Å². The van der Waals surface area contributed by atoms with Gasteiger partial charge in [0.1, 0.15) is 17.5 Å². The summed E-state index contributed by atoms with van der Waals surface area (Å²) in [6, 6.07) is 10.8. The number of aromatic amines is 1. The van der Waals surface area contributed by atoms with Crippen molar-refractivity contribution in [2.24, 2.45) is 0 Å². The van der Waals surface area contributed by atoms with Gasteiger partial charge in [-0.3, -0.25) is 0 Å². The van der Waals surface area contributed by atoms with E-state index in [1.807, 2.05) is 24.3 Å². The molecule has 0 bridgehead atoms. The molecule has 1 aromatic carbocycles. The highest BCUT2D eigenvalue weighted by Gasteiger charge is 2.16. The quantitative estimate of drug-likeness (QED) is 0.789. The second kappa shape index (κ2) is 5.36. The predicted molar refractivity (Wildman–Crippen MR) is 78.1 cm³/mol. The van der Waals surface area contributed by atoms with E-state index in [1.165, 1.54) is 38.5 Å². The molecule has 3 heteroatoms. The normalized spacial score (nSPS) is 17.0. The fourth-order valence-corrected chi connectivity index (χ4v) is 2.99. The van der Waals surface area contributed by atoms with Crippen molar-refractivity contribution in [3.63, 3.8) is 0 Å². The van der Waals surface area contributed by atoms with Gasteiger partial charge in [0.2, 0.25) is 0 Å². The Kier molecular flexibility index (Phi) is 3.41. The highest BCUT2D eigenvalue weighted by molar-refractivity contribution is 5.91. The number of hydrogen-bond donors (Lipinski definition) is 2. The second-order valence-electron chi connectivity index (χ2n) is 5.37. The van der Waals surface area contributed by atoms with Crippen LogP contribution < -0.4 is 5.32 Å². The molecule has 2 N–H and O–H groups in total. The first-order valence-corrected chi connectivity index (χ1v) is 7.16. The standard InChI is InChI=1S/C16H19N3/c17-11-14-13-9-5-6-10-15(13)19-16(14)18-12-7-3-1-2-4-8-12/h5-6,9-10,12,18-19H,1-4,7-8H2. The Bertz CT molecular complexity index is 598. The minimum atomic E-state index is 0.502. The van der Waals surface area contributed by atoms with Crippen LogP contribution in [-0.2, 0) is 0 Å². The number of nitrogens with one attached hydrogen (secondary N) is 2. The van der Waals surface area contributed by atoms with E-state index in [-0.39, 0.29) is 0 Å². The average Bonchev–Trinajstić information content (AvgIpc) is 2.60. The minimum absolute atomic E-state index is 0.502. The van der Waals surface area contributed by atoms with Gasteiger partial charge in [0.25, 0.3) is 0 Å². The Morgan fingerprint density at radius 2 is 1.84 bits per heavy atom. The lowest BCUT2D eigenvalue weighted by Crippen LogP contribution is -2.19. The molecular formula is C16H19N3. The molecule has 0 spiro atoms. The molecule has 2 aromatic rings. The third-order valence-electron chi connectivity index (χ3n) is 4.02. The molecule has 3 rings (SSSR count). The topological polar surface area (TPSA) is 51.6 Å². The SMILES string of the molecule is N#Cc1c(NC2CCCCCC2)[nH]c2ccccc12. The van der Waals surface area contributed by atoms with Crippen LogP contribution in [0.1, 0.15) is 44.1 Å². The molecule has 1 aliphatic carbocycles. The monoisotopic (exact) mass is 253 g/mol. The maximum atomic E-state index is 9.38. The van der Waals surface area contributed by atoms with Gasteiger partial charge in [-0.15, -0.1) is 0 Å². The van der Waals surface area contributed by atoms with E-state index in [2.05, 4.69) is 16.4 Å². The Labute approximate surface area is 113 Å². The summed E-state index contributed by atoms with van der Waals surface area (Å²) in [4.78, 5) is 3.35. The molecule has 0 saturated heterocycles. The molecule has 1 saturated carbocycles. The molecule has 98 valence electrons. The number of rotatable bonds is 2. The van der Waals surface area contributed by atoms with Crippen molar-refractivity contribution in [1.29, 1.82) is 5.26 Å². The van der Waals surface area contributed by atoms with Gasteiger partial charge in [-0.25, -0.2) is 0 Å². The number of H-pyrrole nitrogens is 1. The van der Waals surface area contributed by atoms with Crippen molar-refractivity contribution >= 4 is 16.7 Å². The van der Waals surface area contributed by atoms with Crippen molar-refractivity contribution in [1.82, 2.24) is 4.98 Å². The summed E-state index contributed by atoms with van der Waals surface area (Å²) in [7, 11) is 0. The zero-order chi connectivity index (χ0) is 13.1. The van der Waals surface area contributed by atoms with Gasteiger partial charge in [-0.1, -0.05) is 43.9 Å². The Hall–Kier alpha value is -1.95. The minimum Gasteiger partial charge on any atom is -0.368 e. The molecule has 0 unspecified atom stereocenters. The van der Waals surface area contributed by atoms with E-state index in [1.54, 1.807) is 0 Å². The first-order chi connectivity index (χ1) is 9.38. The van der Waals surface area contributed by atoms with E-state index >= 15 is 0 Å². The van der Waals surface area contributed by atoms with Gasteiger partial charge in [0, 0.05) is 16.9 Å². The third kappa shape index (κ3) is 2.44. The number of hydrogen-bond acceptors (Lipinski definition) is 2. The van der Waals surface area contributed by atoms with Crippen LogP contribution in [0.2, 0.25) is 0 Å². The van der Waals surface area contributed by atoms with Crippen molar-refractivity contribution in [3.05, 3.63) is 29.8 Å². The third-order valence-corrected chi connectivity index (χ3v) is 4.02. The predicted octanol–water partition coefficient (Wildman–Crippen LogP) is 4.17. The summed E-state index contributed by atoms with van der Waals surface area (Å²) < 4.78 is 0. The molecule has 19 heavy (non-hydrogen) atoms. The molecule has 0 atom stereocenters. The van der Waals surface area contributed by atoms with Gasteiger partial charge in [0.15, 0.2) is 0 Å². The molecule has 1 heterocycles. The molecule has 3 nitrogen and oxygen atoms in total. The van der Waals surface area contributed by atoms with E-state index in [0.717, 1.165) is 22.3 Å². The van der Waals surface area contributed by atoms with Crippen LogP contribution in [0, 0.1) is 11.3 Å². The molecule has 0 amide bonds. The van der Waals surface area contributed by atoms with Crippen molar-refractivity contribution in [3.8, 4) is 6.07 Å². The van der Waals surface area contributed by atoms with Crippen LogP contribution in [0.25, 0.3) is 10.9 Å². The summed E-state index contributed by atoms with van der Waals surface area (Å²) in [5, 5.41) is 13.9. The summed E-state index contributed by atoms with van der Waals surface area (Å²) in [6.07, 6.45) is 7.69. The first-order valence-electron chi connectivity index (χ1n) is 7.16. The van der Waals surface area contributed by atoms with Crippen LogP contribution in [0.3, 0.4) is 0 Å². The fraction of sp³-hybridized carbons (Fsp3) is 0.438. The summed E-state index contributed by atoms with van der Waals surface area (Å²) >= 11 is 0. The van der Waals surface area contributed by atoms with E-state index in [0.29, 0.717) is 6.04 Å². The molecule has 1 aliphatic rings. The first kappa shape index (κ1) is 12.1.